The van der Waals surface area contributed by atoms with E-state index < -0.39 is 163 Å². The zero-order chi connectivity index (χ0) is 72.0. The number of nitrogens with one attached hydrogen (secondary N) is 14. The molecule has 0 fully saturated rings. The second-order valence-corrected chi connectivity index (χ2v) is 25.0. The van der Waals surface area contributed by atoms with Crippen LogP contribution in [0.3, 0.4) is 0 Å². The van der Waals surface area contributed by atoms with Crippen LogP contribution >= 0.6 is 24.4 Å². The molecule has 0 saturated carbocycles. The van der Waals surface area contributed by atoms with E-state index in [-0.39, 0.29) is 82.5 Å². The lowest BCUT2D eigenvalue weighted by molar-refractivity contribution is -0.135. The first-order valence-corrected chi connectivity index (χ1v) is 33.3. The maximum atomic E-state index is 14.3. The summed E-state index contributed by atoms with van der Waals surface area (Å²) in [5, 5.41) is 43.2. The van der Waals surface area contributed by atoms with Crippen LogP contribution < -0.4 is 80.6 Å². The third kappa shape index (κ3) is 33.0. The summed E-state index contributed by atoms with van der Waals surface area (Å²) < 4.78 is 0. The zero-order valence-corrected chi connectivity index (χ0v) is 57.4. The van der Waals surface area contributed by atoms with Crippen molar-refractivity contribution in [2.24, 2.45) is 23.3 Å². The molecule has 0 unspecified atom stereocenters. The van der Waals surface area contributed by atoms with Crippen molar-refractivity contribution >= 4 is 107 Å². The van der Waals surface area contributed by atoms with E-state index in [1.807, 2.05) is 26.2 Å². The molecule has 0 spiro atoms. The Morgan fingerprint density at radius 1 is 0.646 bits per heavy atom. The number of aromatic nitrogens is 2. The summed E-state index contributed by atoms with van der Waals surface area (Å²) in [5.74, 6) is -11.0. The Bertz CT molecular complexity index is 2930. The van der Waals surface area contributed by atoms with Gasteiger partial charge in [0, 0.05) is 62.6 Å². The summed E-state index contributed by atoms with van der Waals surface area (Å²) in [5.41, 5.74) is 12.3. The van der Waals surface area contributed by atoms with E-state index in [1.54, 1.807) is 57.3 Å². The highest BCUT2D eigenvalue weighted by atomic mass is 32.2. The highest BCUT2D eigenvalue weighted by Crippen LogP contribution is 2.18. The minimum Gasteiger partial charge on any atom is -0.394 e. The molecule has 9 atom stereocenters. The Labute approximate surface area is 568 Å². The predicted molar refractivity (Wildman–Crippen MR) is 361 cm³/mol. The molecule has 534 valence electrons. The number of amides is 14. The smallest absolute Gasteiger partial charge is 0.245 e. The van der Waals surface area contributed by atoms with Gasteiger partial charge in [0.2, 0.25) is 82.7 Å². The molecule has 1 aromatic heterocycles. The van der Waals surface area contributed by atoms with Crippen molar-refractivity contribution in [3.8, 4) is 0 Å². The third-order valence-electron chi connectivity index (χ3n) is 14.2. The van der Waals surface area contributed by atoms with E-state index in [9.17, 15) is 72.2 Å². The Kier molecular flexibility index (Phi) is 38.8. The Morgan fingerprint density at radius 3 is 1.85 bits per heavy atom. The SMILES string of the molecule is C=C1/C=C\C=C/CN/C=C\1C[C@H](NC(=O)[C@H](CCC(N)=O)NC(=O)CCCCNC(=O)CNC(=O)[C@H](CS)NC(=O)[C@H](CO)NC(=O)CN(C)C)C(=O)N[C@@H](C)C(=O)N[C@H](C(=O)NCC(=O)N[C@@H](Cc1cnc[nH]1)C(=O)N[C@@H](CC(C)C)C(=O)N[C@@H](CCSC)C(N)=O)C(C)C. The number of thioether (sulfide) groups is 1. The monoisotopic (exact) mass is 1390 g/mol. The first kappa shape index (κ1) is 83.3. The molecule has 2 heterocycles. The van der Waals surface area contributed by atoms with Gasteiger partial charge in [0.05, 0.1) is 32.6 Å². The molecule has 0 aromatic carbocycles. The number of rotatable bonds is 44. The van der Waals surface area contributed by atoms with Crippen LogP contribution in [0.2, 0.25) is 0 Å². The Balaban J connectivity index is 2.18. The number of aliphatic hydroxyl groups excluding tert-OH is 1. The molecule has 19 N–H and O–H groups in total. The van der Waals surface area contributed by atoms with E-state index >= 15 is 0 Å². The minimum atomic E-state index is -1.47. The van der Waals surface area contributed by atoms with Crippen LogP contribution in [0.25, 0.3) is 0 Å². The van der Waals surface area contributed by atoms with Crippen LogP contribution in [-0.2, 0) is 73.5 Å². The van der Waals surface area contributed by atoms with Gasteiger partial charge in [-0.3, -0.25) is 67.1 Å². The van der Waals surface area contributed by atoms with Crippen LogP contribution in [0.4, 0.5) is 0 Å². The second kappa shape index (κ2) is 44.8. The number of likely N-dealkylation sites (N-methyl/N-ethyl adjacent to an activating group) is 1. The highest BCUT2D eigenvalue weighted by Gasteiger charge is 2.34. The number of hydrogen-bond donors (Lipinski definition) is 18. The summed E-state index contributed by atoms with van der Waals surface area (Å²) >= 11 is 5.54. The van der Waals surface area contributed by atoms with Crippen molar-refractivity contribution in [1.82, 2.24) is 84.0 Å². The first-order valence-electron chi connectivity index (χ1n) is 31.3. The number of thiol groups is 1. The number of aromatic amines is 1. The average molecular weight is 1390 g/mol. The van der Waals surface area contributed by atoms with E-state index in [0.717, 1.165) is 0 Å². The van der Waals surface area contributed by atoms with E-state index in [2.05, 4.69) is 98.3 Å². The fourth-order valence-corrected chi connectivity index (χ4v) is 9.70. The van der Waals surface area contributed by atoms with Gasteiger partial charge in [-0.25, -0.2) is 4.98 Å². The lowest BCUT2D eigenvalue weighted by Crippen LogP contribution is -2.59. The molecule has 0 saturated heterocycles. The van der Waals surface area contributed by atoms with Crippen LogP contribution in [0.15, 0.2) is 60.8 Å². The van der Waals surface area contributed by atoms with Crippen LogP contribution in [-0.4, -0.2) is 228 Å². The van der Waals surface area contributed by atoms with Crippen molar-refractivity contribution in [2.45, 2.75) is 147 Å². The largest absolute Gasteiger partial charge is 0.394 e. The van der Waals surface area contributed by atoms with Gasteiger partial charge >= 0.3 is 0 Å². The van der Waals surface area contributed by atoms with Crippen molar-refractivity contribution < 1.29 is 72.2 Å². The number of allylic oxidation sites excluding steroid dienone is 4. The molecule has 96 heavy (non-hydrogen) atoms. The molecule has 1 aliphatic rings. The lowest BCUT2D eigenvalue weighted by Gasteiger charge is -2.27. The minimum absolute atomic E-state index is 0.0504. The van der Waals surface area contributed by atoms with E-state index in [4.69, 9.17) is 11.5 Å². The number of imidazole rings is 1. The van der Waals surface area contributed by atoms with Gasteiger partial charge in [-0.05, 0) is 88.1 Å². The molecular formula is C61H98N18O15S2. The highest BCUT2D eigenvalue weighted by molar-refractivity contribution is 7.98. The van der Waals surface area contributed by atoms with Gasteiger partial charge in [-0.1, -0.05) is 58.6 Å². The average Bonchev–Trinajstić information content (AvgIpc) is 1.06. The van der Waals surface area contributed by atoms with Crippen LogP contribution in [0.1, 0.15) is 91.7 Å². The molecule has 0 radical (unpaired) electrons. The second-order valence-electron chi connectivity index (χ2n) is 23.6. The molecule has 0 aliphatic carbocycles. The number of aliphatic hydroxyl groups is 1. The number of nitrogens with two attached hydrogens (primary N) is 2. The standard InChI is InChI=1S/C61H98N18O15S2/c1-34(2)23-42(58(91)74-40(53(63)86)19-22-96-9)75-59(92)44(25-39-27-65-33-69-39)72-50(84)29-68-61(94)52(35(3)4)78-54(87)37(6)70-57(90)43(24-38-26-64-20-13-10-11-15-36(38)5)76-56(89)41(17-18-47(62)81)71-48(82)16-12-14-21-66-49(83)28-67-55(88)46(32-95)77-60(93)45(31-80)73-51(85)30-79(7)8/h10-11,13,15,26-27,33-35,37,40-46,52,64,80,95H,5,12,14,16-25,28-32H2,1-4,6-9H3,(H2,62,81)(H2,63,86)(H,65,69)(H,66,83)(H,67,88)(H,68,94)(H,70,90)(H,71,82)(H,72,84)(H,73,85)(H,74,91)(H,75,92)(H,76,89)(H,77,93)(H,78,87)/b13-10-,15-11-,38-26-/t37-,40-,41-,42-,43-,44-,45-,46-,52-/m0/s1. The fraction of sp³-hybridized carbons (Fsp3) is 0.590. The maximum Gasteiger partial charge on any atom is 0.245 e. The number of hydrogen-bond acceptors (Lipinski definition) is 20. The lowest BCUT2D eigenvalue weighted by atomic mass is 9.98. The van der Waals surface area contributed by atoms with Gasteiger partial charge in [0.1, 0.15) is 54.4 Å². The normalized spacial score (nSPS) is 16.1. The van der Waals surface area contributed by atoms with Crippen molar-refractivity contribution in [1.29, 1.82) is 0 Å². The molecule has 33 nitrogen and oxygen atoms in total. The van der Waals surface area contributed by atoms with E-state index in [0.29, 0.717) is 29.1 Å². The molecule has 0 bridgehead atoms. The number of H-pyrrole nitrogens is 1. The topological polar surface area (TPSA) is 500 Å². The van der Waals surface area contributed by atoms with Gasteiger partial charge in [0.15, 0.2) is 0 Å². The summed E-state index contributed by atoms with van der Waals surface area (Å²) in [6.45, 7) is 10.7. The fourth-order valence-electron chi connectivity index (χ4n) is 8.97. The summed E-state index contributed by atoms with van der Waals surface area (Å²) in [6, 6.07) is -11.6. The summed E-state index contributed by atoms with van der Waals surface area (Å²) in [4.78, 5) is 193. The third-order valence-corrected chi connectivity index (χ3v) is 15.2. The first-order chi connectivity index (χ1) is 45.4. The van der Waals surface area contributed by atoms with Crippen molar-refractivity contribution in [3.05, 3.63) is 66.4 Å². The molecular weight excluding hydrogens is 1290 g/mol. The van der Waals surface area contributed by atoms with Crippen molar-refractivity contribution in [3.63, 3.8) is 0 Å². The summed E-state index contributed by atoms with van der Waals surface area (Å²) in [7, 11) is 3.27. The number of carbonyl (C=O) groups excluding carboxylic acids is 14. The number of primary amides is 2. The van der Waals surface area contributed by atoms with Gasteiger partial charge < -0.3 is 95.6 Å². The number of unbranched alkanes of at least 4 members (excludes halogenated alkanes) is 1. The molecule has 1 aliphatic heterocycles. The number of carbonyl (C=O) groups is 14. The van der Waals surface area contributed by atoms with Crippen molar-refractivity contribution in [2.75, 3.05) is 71.2 Å². The zero-order valence-electron chi connectivity index (χ0n) is 55.7. The van der Waals surface area contributed by atoms with E-state index in [1.165, 1.54) is 31.2 Å². The maximum absolute atomic E-state index is 14.3. The van der Waals surface area contributed by atoms with Crippen LogP contribution in [0.5, 0.6) is 0 Å². The molecule has 2 rings (SSSR count). The van der Waals surface area contributed by atoms with Crippen LogP contribution in [0, 0.1) is 11.8 Å². The summed E-state index contributed by atoms with van der Waals surface area (Å²) in [6.07, 6.45) is 12.9. The predicted octanol–water partition coefficient (Wildman–Crippen LogP) is -4.91. The Hall–Kier alpha value is -8.83. The van der Waals surface area contributed by atoms with Gasteiger partial charge in [-0.15, -0.1) is 0 Å². The quantitative estimate of drug-likeness (QED) is 0.0215. The molecule has 14 amide bonds. The van der Waals surface area contributed by atoms with Gasteiger partial charge in [-0.2, -0.15) is 24.4 Å². The molecule has 35 heteroatoms. The van der Waals surface area contributed by atoms with Gasteiger partial charge in [0.25, 0.3) is 0 Å². The Morgan fingerprint density at radius 2 is 1.24 bits per heavy atom. The molecule has 1 aromatic rings. The number of nitrogens with zero attached hydrogens (tertiary/aromatic N) is 2.